The number of carbonyl (C=O) groups is 2. The van der Waals surface area contributed by atoms with Gasteiger partial charge in [0.05, 0.1) is 7.11 Å². The lowest BCUT2D eigenvalue weighted by Crippen LogP contribution is -2.50. The molecule has 6 heteroatoms. The predicted molar refractivity (Wildman–Crippen MR) is 76.0 cm³/mol. The van der Waals surface area contributed by atoms with Gasteiger partial charge in [-0.25, -0.2) is 4.79 Å². The largest absolute Gasteiger partial charge is 0.467 e. The molecule has 1 aromatic rings. The number of amides is 1. The second-order valence-corrected chi connectivity index (χ2v) is 5.72. The highest BCUT2D eigenvalue weighted by Crippen LogP contribution is 2.16. The molecule has 0 aliphatic carbocycles. The molecule has 0 aromatic carbocycles. The number of halogens is 1. The third-order valence-corrected chi connectivity index (χ3v) is 3.12. The minimum atomic E-state index is -1.06. The van der Waals surface area contributed by atoms with E-state index in [0.717, 1.165) is 17.4 Å². The zero-order chi connectivity index (χ0) is 14.6. The van der Waals surface area contributed by atoms with Crippen LogP contribution in [0.25, 0.3) is 0 Å². The maximum absolute atomic E-state index is 12.2. The van der Waals surface area contributed by atoms with Gasteiger partial charge in [-0.3, -0.25) is 4.79 Å². The molecule has 1 N–H and O–H groups in total. The minimum Gasteiger partial charge on any atom is -0.467 e. The molecular formula is C13H19BrN2O3. The number of hydrogen-bond acceptors (Lipinski definition) is 3. The Morgan fingerprint density at radius 1 is 1.47 bits per heavy atom. The Balaban J connectivity index is 2.92. The van der Waals surface area contributed by atoms with Gasteiger partial charge in [0.1, 0.15) is 11.2 Å². The van der Waals surface area contributed by atoms with Crippen LogP contribution in [0.15, 0.2) is 16.7 Å². The van der Waals surface area contributed by atoms with Crippen LogP contribution in [-0.4, -0.2) is 29.1 Å². The predicted octanol–water partition coefficient (Wildman–Crippen LogP) is 2.34. The van der Waals surface area contributed by atoms with Crippen LogP contribution in [0.2, 0.25) is 0 Å². The van der Waals surface area contributed by atoms with Crippen molar-refractivity contribution < 1.29 is 14.3 Å². The van der Waals surface area contributed by atoms with Gasteiger partial charge in [0.25, 0.3) is 5.91 Å². The molecule has 1 amide bonds. The van der Waals surface area contributed by atoms with Crippen LogP contribution < -0.4 is 5.32 Å². The lowest BCUT2D eigenvalue weighted by molar-refractivity contribution is -0.146. The van der Waals surface area contributed by atoms with E-state index in [9.17, 15) is 9.59 Å². The fraction of sp³-hybridized carbons (Fsp3) is 0.538. The highest BCUT2D eigenvalue weighted by atomic mass is 79.9. The van der Waals surface area contributed by atoms with Crippen LogP contribution in [0.3, 0.4) is 0 Å². The number of hydrogen-bond donors (Lipinski definition) is 1. The number of aryl methyl sites for hydroxylation is 1. The van der Waals surface area contributed by atoms with E-state index in [-0.39, 0.29) is 5.91 Å². The van der Waals surface area contributed by atoms with Gasteiger partial charge in [-0.2, -0.15) is 0 Å². The van der Waals surface area contributed by atoms with Crippen molar-refractivity contribution in [3.8, 4) is 0 Å². The number of nitrogens with one attached hydrogen (secondary N) is 1. The van der Waals surface area contributed by atoms with E-state index in [1.165, 1.54) is 7.11 Å². The lowest BCUT2D eigenvalue weighted by Gasteiger charge is -2.23. The smallest absolute Gasteiger partial charge is 0.330 e. The lowest BCUT2D eigenvalue weighted by atomic mass is 10.1. The zero-order valence-electron chi connectivity index (χ0n) is 11.6. The third-order valence-electron chi connectivity index (χ3n) is 2.68. The average Bonchev–Trinajstić information content (AvgIpc) is 2.69. The van der Waals surface area contributed by atoms with Gasteiger partial charge in [-0.15, -0.1) is 0 Å². The summed E-state index contributed by atoms with van der Waals surface area (Å²) in [6.07, 6.45) is 2.77. The van der Waals surface area contributed by atoms with Crippen molar-refractivity contribution in [2.24, 2.45) is 0 Å². The summed E-state index contributed by atoms with van der Waals surface area (Å²) in [5, 5.41) is 2.68. The zero-order valence-corrected chi connectivity index (χ0v) is 13.2. The Labute approximate surface area is 121 Å². The van der Waals surface area contributed by atoms with Crippen molar-refractivity contribution in [1.29, 1.82) is 0 Å². The van der Waals surface area contributed by atoms with E-state index < -0.39 is 11.5 Å². The SMILES string of the molecule is CCCn1cc(Br)cc1C(=O)NC(C)(C)C(=O)OC. The van der Waals surface area contributed by atoms with Crippen LogP contribution in [0.5, 0.6) is 0 Å². The van der Waals surface area contributed by atoms with Gasteiger partial charge in [0, 0.05) is 17.2 Å². The van der Waals surface area contributed by atoms with Crippen molar-refractivity contribution in [3.63, 3.8) is 0 Å². The van der Waals surface area contributed by atoms with Crippen LogP contribution in [0.4, 0.5) is 0 Å². The van der Waals surface area contributed by atoms with Gasteiger partial charge in [-0.1, -0.05) is 6.92 Å². The van der Waals surface area contributed by atoms with Gasteiger partial charge >= 0.3 is 5.97 Å². The summed E-state index contributed by atoms with van der Waals surface area (Å²) < 4.78 is 7.35. The Hall–Kier alpha value is -1.30. The summed E-state index contributed by atoms with van der Waals surface area (Å²) in [7, 11) is 1.30. The topological polar surface area (TPSA) is 60.3 Å². The highest BCUT2D eigenvalue weighted by Gasteiger charge is 2.31. The Morgan fingerprint density at radius 3 is 2.63 bits per heavy atom. The molecule has 1 aromatic heterocycles. The molecule has 19 heavy (non-hydrogen) atoms. The van der Waals surface area contributed by atoms with Gasteiger partial charge < -0.3 is 14.6 Å². The molecule has 0 saturated carbocycles. The first-order valence-corrected chi connectivity index (χ1v) is 6.87. The van der Waals surface area contributed by atoms with Gasteiger partial charge in [0.2, 0.25) is 0 Å². The van der Waals surface area contributed by atoms with Crippen molar-refractivity contribution in [1.82, 2.24) is 9.88 Å². The van der Waals surface area contributed by atoms with Gasteiger partial charge in [-0.05, 0) is 42.3 Å². The van der Waals surface area contributed by atoms with E-state index in [2.05, 4.69) is 26.0 Å². The van der Waals surface area contributed by atoms with E-state index in [1.807, 2.05) is 17.7 Å². The number of nitrogens with zero attached hydrogens (tertiary/aromatic N) is 1. The fourth-order valence-electron chi connectivity index (χ4n) is 1.75. The summed E-state index contributed by atoms with van der Waals surface area (Å²) in [4.78, 5) is 23.8. The first kappa shape index (κ1) is 15.8. The number of esters is 1. The van der Waals surface area contributed by atoms with Crippen LogP contribution in [-0.2, 0) is 16.1 Å². The summed E-state index contributed by atoms with van der Waals surface area (Å²) in [5.74, 6) is -0.775. The van der Waals surface area contributed by atoms with Crippen LogP contribution in [0.1, 0.15) is 37.7 Å². The quantitative estimate of drug-likeness (QED) is 0.843. The van der Waals surface area contributed by atoms with E-state index in [4.69, 9.17) is 0 Å². The third kappa shape index (κ3) is 3.83. The van der Waals surface area contributed by atoms with Gasteiger partial charge in [0.15, 0.2) is 0 Å². The molecule has 1 heterocycles. The van der Waals surface area contributed by atoms with E-state index in [0.29, 0.717) is 5.69 Å². The second-order valence-electron chi connectivity index (χ2n) is 4.81. The highest BCUT2D eigenvalue weighted by molar-refractivity contribution is 9.10. The average molecular weight is 331 g/mol. The molecule has 0 radical (unpaired) electrons. The monoisotopic (exact) mass is 330 g/mol. The first-order chi connectivity index (χ1) is 8.81. The molecule has 106 valence electrons. The fourth-order valence-corrected chi connectivity index (χ4v) is 2.21. The molecule has 0 saturated heterocycles. The summed E-state index contributed by atoms with van der Waals surface area (Å²) >= 11 is 3.35. The summed E-state index contributed by atoms with van der Waals surface area (Å²) in [6, 6.07) is 1.73. The maximum Gasteiger partial charge on any atom is 0.330 e. The van der Waals surface area contributed by atoms with Crippen molar-refractivity contribution in [2.75, 3.05) is 7.11 Å². The first-order valence-electron chi connectivity index (χ1n) is 6.08. The molecule has 1 rings (SSSR count). The van der Waals surface area contributed by atoms with Crippen molar-refractivity contribution in [3.05, 3.63) is 22.4 Å². The number of aromatic nitrogens is 1. The van der Waals surface area contributed by atoms with Crippen LogP contribution in [0, 0.1) is 0 Å². The Kier molecular flexibility index (Phi) is 5.17. The number of rotatable bonds is 5. The maximum atomic E-state index is 12.2. The minimum absolute atomic E-state index is 0.297. The molecule has 0 aliphatic rings. The standard InChI is InChI=1S/C13H19BrN2O3/c1-5-6-16-8-9(14)7-10(16)11(17)15-13(2,3)12(18)19-4/h7-8H,5-6H2,1-4H3,(H,15,17). The summed E-state index contributed by atoms with van der Waals surface area (Å²) in [6.45, 7) is 6.00. The molecule has 0 spiro atoms. The number of methoxy groups -OCH3 is 1. The molecule has 5 nitrogen and oxygen atoms in total. The number of ether oxygens (including phenoxy) is 1. The second kappa shape index (κ2) is 6.23. The summed E-state index contributed by atoms with van der Waals surface area (Å²) in [5.41, 5.74) is -0.537. The molecule has 0 atom stereocenters. The molecule has 0 unspecified atom stereocenters. The molecule has 0 aliphatic heterocycles. The molecule has 0 fully saturated rings. The van der Waals surface area contributed by atoms with Crippen molar-refractivity contribution >= 4 is 27.8 Å². The Bertz CT molecular complexity index is 480. The molecule has 0 bridgehead atoms. The molecular weight excluding hydrogens is 312 g/mol. The van der Waals surface area contributed by atoms with E-state index >= 15 is 0 Å². The Morgan fingerprint density at radius 2 is 2.11 bits per heavy atom. The normalized spacial score (nSPS) is 11.2. The van der Waals surface area contributed by atoms with Crippen molar-refractivity contribution in [2.45, 2.75) is 39.3 Å². The number of carbonyl (C=O) groups excluding carboxylic acids is 2. The van der Waals surface area contributed by atoms with Crippen LogP contribution >= 0.6 is 15.9 Å². The van der Waals surface area contributed by atoms with E-state index in [1.54, 1.807) is 19.9 Å².